The minimum Gasteiger partial charge on any atom is -0.347 e. The topological polar surface area (TPSA) is 89.3 Å². The predicted octanol–water partition coefficient (Wildman–Crippen LogP) is 2.98. The van der Waals surface area contributed by atoms with Crippen molar-refractivity contribution in [2.24, 2.45) is 5.14 Å². The molecule has 23 heavy (non-hydrogen) atoms. The summed E-state index contributed by atoms with van der Waals surface area (Å²) in [5.74, 6) is -0.151. The zero-order valence-electron chi connectivity index (χ0n) is 13.3. The average molecular weight is 352 g/mol. The highest BCUT2D eigenvalue weighted by molar-refractivity contribution is 7.91. The van der Waals surface area contributed by atoms with Gasteiger partial charge in [-0.2, -0.15) is 0 Å². The van der Waals surface area contributed by atoms with E-state index in [1.165, 1.54) is 6.07 Å². The molecule has 1 aromatic heterocycles. The van der Waals surface area contributed by atoms with Crippen LogP contribution in [0, 0.1) is 0 Å². The van der Waals surface area contributed by atoms with Gasteiger partial charge in [0.1, 0.15) is 4.21 Å². The Labute approximate surface area is 140 Å². The molecular formula is C16H20N2O3S2. The molecule has 124 valence electrons. The first kappa shape index (κ1) is 17.7. The molecule has 1 aromatic carbocycles. The van der Waals surface area contributed by atoms with Gasteiger partial charge in [0.15, 0.2) is 0 Å². The number of nitrogens with two attached hydrogens (primary N) is 1. The number of primary sulfonamides is 1. The second-order valence-corrected chi connectivity index (χ2v) is 8.81. The van der Waals surface area contributed by atoms with Gasteiger partial charge in [0.05, 0.1) is 0 Å². The van der Waals surface area contributed by atoms with Gasteiger partial charge in [-0.3, -0.25) is 4.79 Å². The molecule has 0 aliphatic rings. The van der Waals surface area contributed by atoms with Gasteiger partial charge in [0.2, 0.25) is 10.0 Å². The average Bonchev–Trinajstić information content (AvgIpc) is 2.97. The van der Waals surface area contributed by atoms with Crippen LogP contribution in [0.3, 0.4) is 0 Å². The van der Waals surface area contributed by atoms with Crippen LogP contribution in [0.4, 0.5) is 0 Å². The van der Waals surface area contributed by atoms with Crippen molar-refractivity contribution in [2.75, 3.05) is 0 Å². The number of amides is 1. The highest BCUT2D eigenvalue weighted by Crippen LogP contribution is 2.30. The van der Waals surface area contributed by atoms with Gasteiger partial charge in [-0.1, -0.05) is 19.1 Å². The summed E-state index contributed by atoms with van der Waals surface area (Å²) in [6, 6.07) is 10.3. The first-order chi connectivity index (χ1) is 10.6. The lowest BCUT2D eigenvalue weighted by atomic mass is 10.0. The fourth-order valence-corrected chi connectivity index (χ4v) is 3.64. The van der Waals surface area contributed by atoms with Crippen LogP contribution in [0.15, 0.2) is 40.6 Å². The molecule has 0 bridgehead atoms. The minimum absolute atomic E-state index is 0.106. The Hall–Kier alpha value is -1.70. The lowest BCUT2D eigenvalue weighted by Crippen LogP contribution is -2.42. The first-order valence-electron chi connectivity index (χ1n) is 7.18. The molecule has 1 amide bonds. The quantitative estimate of drug-likeness (QED) is 0.867. The molecule has 3 N–H and O–H groups in total. The highest BCUT2D eigenvalue weighted by Gasteiger charge is 2.19. The van der Waals surface area contributed by atoms with Crippen molar-refractivity contribution < 1.29 is 13.2 Å². The molecule has 0 saturated heterocycles. The molecule has 2 aromatic rings. The van der Waals surface area contributed by atoms with E-state index in [2.05, 4.69) is 5.32 Å². The van der Waals surface area contributed by atoms with E-state index >= 15 is 0 Å². The highest BCUT2D eigenvalue weighted by atomic mass is 32.2. The summed E-state index contributed by atoms with van der Waals surface area (Å²) < 4.78 is 22.8. The van der Waals surface area contributed by atoms with E-state index < -0.39 is 10.0 Å². The van der Waals surface area contributed by atoms with Crippen molar-refractivity contribution in [1.29, 1.82) is 0 Å². The van der Waals surface area contributed by atoms with Crippen molar-refractivity contribution in [3.63, 3.8) is 0 Å². The van der Waals surface area contributed by atoms with Crippen molar-refractivity contribution in [2.45, 2.75) is 36.9 Å². The third-order valence-corrected chi connectivity index (χ3v) is 6.18. The Kier molecular flexibility index (Phi) is 4.93. The summed E-state index contributed by atoms with van der Waals surface area (Å²) in [7, 11) is -3.70. The van der Waals surface area contributed by atoms with Crippen LogP contribution in [-0.4, -0.2) is 19.9 Å². The van der Waals surface area contributed by atoms with E-state index in [0.29, 0.717) is 5.56 Å². The van der Waals surface area contributed by atoms with Crippen LogP contribution in [0.1, 0.15) is 37.6 Å². The zero-order valence-corrected chi connectivity index (χ0v) is 14.9. The molecule has 0 aliphatic carbocycles. The van der Waals surface area contributed by atoms with Crippen LogP contribution in [-0.2, 0) is 10.0 Å². The van der Waals surface area contributed by atoms with Gasteiger partial charge in [0.25, 0.3) is 5.91 Å². The second kappa shape index (κ2) is 6.43. The third-order valence-electron chi connectivity index (χ3n) is 3.61. The number of nitrogens with one attached hydrogen (secondary N) is 1. The van der Waals surface area contributed by atoms with Gasteiger partial charge < -0.3 is 5.32 Å². The minimum atomic E-state index is -3.70. The number of carbonyl (C=O) groups excluding carboxylic acids is 1. The van der Waals surface area contributed by atoms with E-state index in [-0.39, 0.29) is 15.7 Å². The predicted molar refractivity (Wildman–Crippen MR) is 93.0 cm³/mol. The van der Waals surface area contributed by atoms with Gasteiger partial charge in [-0.25, -0.2) is 13.6 Å². The number of rotatable bonds is 5. The third kappa shape index (κ3) is 4.40. The number of thiophene rings is 1. The first-order valence-corrected chi connectivity index (χ1v) is 9.54. The number of benzene rings is 1. The van der Waals surface area contributed by atoms with Crippen LogP contribution in [0.2, 0.25) is 0 Å². The Morgan fingerprint density at radius 2 is 1.96 bits per heavy atom. The van der Waals surface area contributed by atoms with Crippen molar-refractivity contribution in [3.8, 4) is 10.4 Å². The van der Waals surface area contributed by atoms with Crippen molar-refractivity contribution in [1.82, 2.24) is 5.32 Å². The molecule has 0 radical (unpaired) electrons. The monoisotopic (exact) mass is 352 g/mol. The number of hydrogen-bond donors (Lipinski definition) is 2. The zero-order chi connectivity index (χ0) is 17.3. The van der Waals surface area contributed by atoms with E-state index in [4.69, 9.17) is 5.14 Å². The molecule has 0 fully saturated rings. The van der Waals surface area contributed by atoms with Crippen LogP contribution < -0.4 is 10.5 Å². The smallest absolute Gasteiger partial charge is 0.251 e. The summed E-state index contributed by atoms with van der Waals surface area (Å²) in [6.45, 7) is 5.94. The lowest BCUT2D eigenvalue weighted by molar-refractivity contribution is 0.0911. The fraction of sp³-hybridized carbons (Fsp3) is 0.312. The number of sulfonamides is 1. The van der Waals surface area contributed by atoms with Gasteiger partial charge >= 0.3 is 0 Å². The summed E-state index contributed by atoms with van der Waals surface area (Å²) in [6.07, 6.45) is 0.821. The summed E-state index contributed by atoms with van der Waals surface area (Å²) >= 11 is 1.09. The SMILES string of the molecule is CCC(C)(C)NC(=O)c1cccc(-c2ccc(S(N)(=O)=O)s2)c1. The standard InChI is InChI=1S/C16H20N2O3S2/c1-4-16(2,3)18-15(19)12-7-5-6-11(10-12)13-8-9-14(22-13)23(17,20)21/h5-10H,4H2,1-3H3,(H,18,19)(H2,17,20,21). The van der Waals surface area contributed by atoms with Crippen LogP contribution in [0.5, 0.6) is 0 Å². The Morgan fingerprint density at radius 1 is 1.26 bits per heavy atom. The van der Waals surface area contributed by atoms with Gasteiger partial charge in [-0.05, 0) is 50.1 Å². The molecule has 2 rings (SSSR count). The normalized spacial score (nSPS) is 12.2. The second-order valence-electron chi connectivity index (χ2n) is 5.94. The maximum absolute atomic E-state index is 12.3. The molecule has 0 saturated carbocycles. The molecule has 7 heteroatoms. The van der Waals surface area contributed by atoms with E-state index in [1.54, 1.807) is 24.3 Å². The lowest BCUT2D eigenvalue weighted by Gasteiger charge is -2.24. The Bertz CT molecular complexity index is 823. The van der Waals surface area contributed by atoms with Crippen LogP contribution in [0.25, 0.3) is 10.4 Å². The fourth-order valence-electron chi connectivity index (χ4n) is 1.91. The summed E-state index contributed by atoms with van der Waals surface area (Å²) in [4.78, 5) is 13.1. The van der Waals surface area contributed by atoms with Crippen molar-refractivity contribution >= 4 is 27.3 Å². The molecule has 1 heterocycles. The molecule has 5 nitrogen and oxygen atoms in total. The molecular weight excluding hydrogens is 332 g/mol. The largest absolute Gasteiger partial charge is 0.347 e. The van der Waals surface area contributed by atoms with Crippen LogP contribution >= 0.6 is 11.3 Å². The Morgan fingerprint density at radius 3 is 2.52 bits per heavy atom. The summed E-state index contributed by atoms with van der Waals surface area (Å²) in [5, 5.41) is 8.11. The molecule has 0 atom stereocenters. The van der Waals surface area contributed by atoms with E-state index in [1.807, 2.05) is 26.8 Å². The van der Waals surface area contributed by atoms with Gasteiger partial charge in [0, 0.05) is 16.0 Å². The van der Waals surface area contributed by atoms with E-state index in [9.17, 15) is 13.2 Å². The molecule has 0 unspecified atom stereocenters. The maximum Gasteiger partial charge on any atom is 0.251 e. The van der Waals surface area contributed by atoms with Gasteiger partial charge in [-0.15, -0.1) is 11.3 Å². The molecule has 0 aliphatic heterocycles. The summed E-state index contributed by atoms with van der Waals surface area (Å²) in [5.41, 5.74) is 1.04. The van der Waals surface area contributed by atoms with Crippen molar-refractivity contribution in [3.05, 3.63) is 42.0 Å². The number of carbonyl (C=O) groups is 1. The van der Waals surface area contributed by atoms with E-state index in [0.717, 1.165) is 28.2 Å². The Balaban J connectivity index is 2.30. The number of hydrogen-bond acceptors (Lipinski definition) is 4. The maximum atomic E-state index is 12.3. The molecule has 0 spiro atoms.